The number of nitrogens with one attached hydrogen (secondary N) is 1. The molecule has 0 amide bonds. The fourth-order valence-electron chi connectivity index (χ4n) is 2.72. The lowest BCUT2D eigenvalue weighted by Gasteiger charge is -2.13. The van der Waals surface area contributed by atoms with Crippen molar-refractivity contribution in [3.8, 4) is 0 Å². The highest BCUT2D eigenvalue weighted by molar-refractivity contribution is 5.81. The van der Waals surface area contributed by atoms with Crippen LogP contribution < -0.4 is 5.32 Å². The van der Waals surface area contributed by atoms with Gasteiger partial charge in [-0.15, -0.1) is 0 Å². The van der Waals surface area contributed by atoms with Gasteiger partial charge in [0.25, 0.3) is 0 Å². The van der Waals surface area contributed by atoms with Crippen LogP contribution in [0.15, 0.2) is 28.7 Å². The Morgan fingerprint density at radius 2 is 2.17 bits per heavy atom. The highest BCUT2D eigenvalue weighted by Gasteiger charge is 2.33. The molecule has 2 heteroatoms. The molecule has 1 aromatic heterocycles. The summed E-state index contributed by atoms with van der Waals surface area (Å²) in [5.41, 5.74) is 2.39. The number of furan rings is 1. The van der Waals surface area contributed by atoms with Crippen LogP contribution in [0.2, 0.25) is 0 Å². The minimum Gasteiger partial charge on any atom is -0.459 e. The Morgan fingerprint density at radius 1 is 1.33 bits per heavy atom. The average molecular weight is 243 g/mol. The summed E-state index contributed by atoms with van der Waals surface area (Å²) in [4.78, 5) is 0. The van der Waals surface area contributed by atoms with Crippen LogP contribution in [-0.2, 0) is 6.42 Å². The lowest BCUT2D eigenvalue weighted by atomic mass is 10.1. The molecule has 0 saturated heterocycles. The monoisotopic (exact) mass is 243 g/mol. The van der Waals surface area contributed by atoms with E-state index in [1.165, 1.54) is 23.8 Å². The van der Waals surface area contributed by atoms with Crippen LogP contribution in [0.5, 0.6) is 0 Å². The Kier molecular flexibility index (Phi) is 3.13. The number of rotatable bonds is 5. The third kappa shape index (κ3) is 2.05. The molecule has 0 bridgehead atoms. The number of fused-ring (bicyclic) bond motifs is 1. The van der Waals surface area contributed by atoms with Crippen LogP contribution in [0.3, 0.4) is 0 Å². The molecule has 18 heavy (non-hydrogen) atoms. The largest absolute Gasteiger partial charge is 0.459 e. The smallest absolute Gasteiger partial charge is 0.137 e. The Balaban J connectivity index is 2.01. The lowest BCUT2D eigenvalue weighted by Crippen LogP contribution is -2.21. The zero-order chi connectivity index (χ0) is 12.5. The third-order valence-corrected chi connectivity index (χ3v) is 3.85. The summed E-state index contributed by atoms with van der Waals surface area (Å²) in [5, 5.41) is 4.81. The molecule has 0 radical (unpaired) electrons. The Labute approximate surface area is 108 Å². The van der Waals surface area contributed by atoms with Gasteiger partial charge in [-0.1, -0.05) is 32.0 Å². The first-order valence-electron chi connectivity index (χ1n) is 7.08. The van der Waals surface area contributed by atoms with Crippen molar-refractivity contribution in [3.05, 3.63) is 35.6 Å². The van der Waals surface area contributed by atoms with Gasteiger partial charge in [-0.25, -0.2) is 0 Å². The van der Waals surface area contributed by atoms with E-state index in [0.717, 1.165) is 30.2 Å². The molecule has 0 aliphatic heterocycles. The number of hydrogen-bond acceptors (Lipinski definition) is 2. The minimum absolute atomic E-state index is 0.409. The van der Waals surface area contributed by atoms with Crippen molar-refractivity contribution >= 4 is 11.0 Å². The van der Waals surface area contributed by atoms with E-state index >= 15 is 0 Å². The molecule has 96 valence electrons. The topological polar surface area (TPSA) is 25.2 Å². The maximum absolute atomic E-state index is 6.14. The molecule has 1 heterocycles. The standard InChI is InChI=1S/C16H21NO/c1-3-11-6-5-7-13-10-14(18-16(11)13)15(17-4-2)12-8-9-12/h5-7,10,12,15,17H,3-4,8-9H2,1-2H3. The van der Waals surface area contributed by atoms with E-state index in [2.05, 4.69) is 43.4 Å². The predicted octanol–water partition coefficient (Wildman–Crippen LogP) is 4.06. The van der Waals surface area contributed by atoms with E-state index in [9.17, 15) is 0 Å². The summed E-state index contributed by atoms with van der Waals surface area (Å²) < 4.78 is 6.14. The molecule has 2 nitrogen and oxygen atoms in total. The first-order valence-corrected chi connectivity index (χ1v) is 7.08. The van der Waals surface area contributed by atoms with Crippen LogP contribution >= 0.6 is 0 Å². The number of para-hydroxylation sites is 1. The van der Waals surface area contributed by atoms with Gasteiger partial charge in [0.2, 0.25) is 0 Å². The van der Waals surface area contributed by atoms with Crippen molar-refractivity contribution in [2.75, 3.05) is 6.54 Å². The summed E-state index contributed by atoms with van der Waals surface area (Å²) in [6.07, 6.45) is 3.68. The van der Waals surface area contributed by atoms with Gasteiger partial charge >= 0.3 is 0 Å². The van der Waals surface area contributed by atoms with Crippen LogP contribution in [0.1, 0.15) is 44.1 Å². The van der Waals surface area contributed by atoms with Crippen LogP contribution in [0.25, 0.3) is 11.0 Å². The van der Waals surface area contributed by atoms with Crippen molar-refractivity contribution in [1.29, 1.82) is 0 Å². The number of hydrogen-bond donors (Lipinski definition) is 1. The van der Waals surface area contributed by atoms with Gasteiger partial charge in [-0.05, 0) is 43.4 Å². The van der Waals surface area contributed by atoms with Gasteiger partial charge in [0, 0.05) is 5.39 Å². The molecule has 3 rings (SSSR count). The van der Waals surface area contributed by atoms with Gasteiger partial charge in [-0.3, -0.25) is 0 Å². The van der Waals surface area contributed by atoms with E-state index in [1.807, 2.05) is 0 Å². The minimum atomic E-state index is 0.409. The second-order valence-electron chi connectivity index (χ2n) is 5.21. The van der Waals surface area contributed by atoms with Crippen molar-refractivity contribution in [2.45, 2.75) is 39.2 Å². The SMILES string of the molecule is CCNC(c1cc2cccc(CC)c2o1)C1CC1. The fraction of sp³-hybridized carbons (Fsp3) is 0.500. The summed E-state index contributed by atoms with van der Waals surface area (Å²) in [7, 11) is 0. The molecule has 1 N–H and O–H groups in total. The average Bonchev–Trinajstić information content (AvgIpc) is 3.13. The van der Waals surface area contributed by atoms with Crippen LogP contribution in [-0.4, -0.2) is 6.54 Å². The molecular formula is C16H21NO. The summed E-state index contributed by atoms with van der Waals surface area (Å²) >= 11 is 0. The van der Waals surface area contributed by atoms with Gasteiger partial charge in [-0.2, -0.15) is 0 Å². The van der Waals surface area contributed by atoms with E-state index in [0.29, 0.717) is 6.04 Å². The van der Waals surface area contributed by atoms with Gasteiger partial charge < -0.3 is 9.73 Å². The van der Waals surface area contributed by atoms with Crippen LogP contribution in [0.4, 0.5) is 0 Å². The van der Waals surface area contributed by atoms with Gasteiger partial charge in [0.1, 0.15) is 11.3 Å². The van der Waals surface area contributed by atoms with Gasteiger partial charge in [0.05, 0.1) is 6.04 Å². The molecule has 2 aromatic rings. The van der Waals surface area contributed by atoms with E-state index in [1.54, 1.807) is 0 Å². The van der Waals surface area contributed by atoms with E-state index in [-0.39, 0.29) is 0 Å². The summed E-state index contributed by atoms with van der Waals surface area (Å²) in [5.74, 6) is 1.89. The van der Waals surface area contributed by atoms with Crippen molar-refractivity contribution in [2.24, 2.45) is 5.92 Å². The first kappa shape index (κ1) is 11.8. The quantitative estimate of drug-likeness (QED) is 0.856. The Hall–Kier alpha value is -1.28. The molecular weight excluding hydrogens is 222 g/mol. The highest BCUT2D eigenvalue weighted by Crippen LogP contribution is 2.42. The molecule has 1 saturated carbocycles. The Morgan fingerprint density at radius 3 is 2.83 bits per heavy atom. The zero-order valence-corrected chi connectivity index (χ0v) is 11.2. The molecule has 1 aliphatic rings. The normalized spacial score (nSPS) is 17.2. The second-order valence-corrected chi connectivity index (χ2v) is 5.21. The maximum atomic E-state index is 6.14. The molecule has 1 aliphatic carbocycles. The molecule has 0 spiro atoms. The molecule has 1 unspecified atom stereocenters. The summed E-state index contributed by atoms with van der Waals surface area (Å²) in [6.45, 7) is 5.34. The molecule has 1 aromatic carbocycles. The first-order chi connectivity index (χ1) is 8.83. The third-order valence-electron chi connectivity index (χ3n) is 3.85. The van der Waals surface area contributed by atoms with Crippen molar-refractivity contribution in [1.82, 2.24) is 5.32 Å². The van der Waals surface area contributed by atoms with E-state index < -0.39 is 0 Å². The van der Waals surface area contributed by atoms with Crippen LogP contribution in [0, 0.1) is 5.92 Å². The molecule has 1 fully saturated rings. The zero-order valence-electron chi connectivity index (χ0n) is 11.2. The highest BCUT2D eigenvalue weighted by atomic mass is 16.3. The Bertz CT molecular complexity index is 539. The predicted molar refractivity (Wildman–Crippen MR) is 74.7 cm³/mol. The van der Waals surface area contributed by atoms with Crippen molar-refractivity contribution < 1.29 is 4.42 Å². The number of aryl methyl sites for hydroxylation is 1. The number of benzene rings is 1. The van der Waals surface area contributed by atoms with Gasteiger partial charge in [0.15, 0.2) is 0 Å². The lowest BCUT2D eigenvalue weighted by molar-refractivity contribution is 0.403. The van der Waals surface area contributed by atoms with E-state index in [4.69, 9.17) is 4.42 Å². The maximum Gasteiger partial charge on any atom is 0.137 e. The second kappa shape index (κ2) is 4.77. The van der Waals surface area contributed by atoms with Crippen molar-refractivity contribution in [3.63, 3.8) is 0 Å². The molecule has 1 atom stereocenters. The summed E-state index contributed by atoms with van der Waals surface area (Å²) in [6, 6.07) is 9.07. The fourth-order valence-corrected chi connectivity index (χ4v) is 2.72.